The van der Waals surface area contributed by atoms with E-state index in [1.165, 1.54) is 0 Å². The third-order valence-electron chi connectivity index (χ3n) is 1.95. The van der Waals surface area contributed by atoms with Gasteiger partial charge < -0.3 is 10.2 Å². The zero-order chi connectivity index (χ0) is 12.3. The zero-order valence-corrected chi connectivity index (χ0v) is 9.53. The third kappa shape index (κ3) is 2.93. The van der Waals surface area contributed by atoms with Crippen molar-refractivity contribution in [3.8, 4) is 0 Å². The third-order valence-corrected chi connectivity index (χ3v) is 2.61. The number of pyridine rings is 1. The average molecular weight is 300 g/mol. The summed E-state index contributed by atoms with van der Waals surface area (Å²) >= 11 is 2.87. The molecule has 0 amide bonds. The first-order valence-corrected chi connectivity index (χ1v) is 5.44. The van der Waals surface area contributed by atoms with Crippen LogP contribution in [0.5, 0.6) is 0 Å². The van der Waals surface area contributed by atoms with Crippen LogP contribution in [0.1, 0.15) is 17.4 Å². The monoisotopic (exact) mass is 299 g/mol. The summed E-state index contributed by atoms with van der Waals surface area (Å²) < 4.78 is 37.6. The molecule has 0 saturated heterocycles. The van der Waals surface area contributed by atoms with Crippen LogP contribution in [0.4, 0.5) is 13.2 Å². The lowest BCUT2D eigenvalue weighted by Gasteiger charge is -2.19. The van der Waals surface area contributed by atoms with Crippen LogP contribution in [0.3, 0.4) is 0 Å². The van der Waals surface area contributed by atoms with E-state index >= 15 is 0 Å². The van der Waals surface area contributed by atoms with Crippen LogP contribution >= 0.6 is 15.9 Å². The lowest BCUT2D eigenvalue weighted by Crippen LogP contribution is -2.24. The van der Waals surface area contributed by atoms with E-state index < -0.39 is 29.6 Å². The summed E-state index contributed by atoms with van der Waals surface area (Å²) in [6.45, 7) is 0. The van der Waals surface area contributed by atoms with Crippen LogP contribution in [-0.2, 0) is 6.18 Å². The van der Waals surface area contributed by atoms with Crippen LogP contribution in [0.25, 0.3) is 0 Å². The molecule has 0 aliphatic heterocycles. The fourth-order valence-corrected chi connectivity index (χ4v) is 1.51. The molecule has 3 nitrogen and oxygen atoms in total. The van der Waals surface area contributed by atoms with Crippen molar-refractivity contribution in [2.45, 2.75) is 18.4 Å². The van der Waals surface area contributed by atoms with E-state index in [1.807, 2.05) is 0 Å². The molecule has 1 rings (SSSR count). The molecule has 16 heavy (non-hydrogen) atoms. The van der Waals surface area contributed by atoms with E-state index in [4.69, 9.17) is 0 Å². The number of rotatable bonds is 3. The molecule has 2 unspecified atom stereocenters. The minimum absolute atomic E-state index is 0.0396. The van der Waals surface area contributed by atoms with Gasteiger partial charge in [-0.05, 0) is 12.1 Å². The minimum atomic E-state index is -4.60. The summed E-state index contributed by atoms with van der Waals surface area (Å²) in [6, 6.07) is 1.94. The van der Waals surface area contributed by atoms with Crippen LogP contribution in [-0.4, -0.2) is 26.6 Å². The van der Waals surface area contributed by atoms with E-state index in [2.05, 4.69) is 20.9 Å². The smallest absolute Gasteiger partial charge is 0.389 e. The number of aromatic nitrogens is 1. The summed E-state index contributed by atoms with van der Waals surface area (Å²) in [7, 11) is 0. The van der Waals surface area contributed by atoms with Crippen LogP contribution < -0.4 is 0 Å². The Morgan fingerprint density at radius 3 is 2.50 bits per heavy atom. The molecule has 2 N–H and O–H groups in total. The molecule has 2 atom stereocenters. The van der Waals surface area contributed by atoms with Crippen molar-refractivity contribution in [2.75, 3.05) is 5.33 Å². The second-order valence-electron chi connectivity index (χ2n) is 3.10. The maximum atomic E-state index is 12.5. The predicted octanol–water partition coefficient (Wildman–Crippen LogP) is 1.89. The van der Waals surface area contributed by atoms with Crippen molar-refractivity contribution in [3.05, 3.63) is 29.6 Å². The predicted molar refractivity (Wildman–Crippen MR) is 54.0 cm³/mol. The van der Waals surface area contributed by atoms with Gasteiger partial charge in [-0.1, -0.05) is 15.9 Å². The maximum Gasteiger partial charge on any atom is 0.418 e. The van der Waals surface area contributed by atoms with Gasteiger partial charge in [0, 0.05) is 11.5 Å². The largest absolute Gasteiger partial charge is 0.418 e. The second kappa shape index (κ2) is 5.11. The summed E-state index contributed by atoms with van der Waals surface area (Å²) in [5.41, 5.74) is -1.61. The van der Waals surface area contributed by atoms with Gasteiger partial charge in [0.05, 0.1) is 17.4 Å². The minimum Gasteiger partial charge on any atom is -0.389 e. The zero-order valence-electron chi connectivity index (χ0n) is 7.95. The SMILES string of the molecule is OC(CBr)C(O)c1ncccc1C(F)(F)F. The van der Waals surface area contributed by atoms with Gasteiger partial charge in [0.15, 0.2) is 0 Å². The van der Waals surface area contributed by atoms with Crippen molar-refractivity contribution >= 4 is 15.9 Å². The Hall–Kier alpha value is -0.660. The van der Waals surface area contributed by atoms with E-state index in [1.54, 1.807) is 0 Å². The summed E-state index contributed by atoms with van der Waals surface area (Å²) in [4.78, 5) is 3.46. The van der Waals surface area contributed by atoms with E-state index in [0.29, 0.717) is 0 Å². The van der Waals surface area contributed by atoms with Gasteiger partial charge >= 0.3 is 6.18 Å². The molecule has 90 valence electrons. The molecule has 0 spiro atoms. The number of aliphatic hydroxyl groups excluding tert-OH is 2. The topological polar surface area (TPSA) is 53.4 Å². The number of halogens is 4. The number of hydrogen-bond donors (Lipinski definition) is 2. The molecule has 1 heterocycles. The molecule has 1 aromatic rings. The normalized spacial score (nSPS) is 15.9. The number of nitrogens with zero attached hydrogens (tertiary/aromatic N) is 1. The molecule has 0 aliphatic rings. The Morgan fingerprint density at radius 1 is 1.38 bits per heavy atom. The molecule has 7 heteroatoms. The quantitative estimate of drug-likeness (QED) is 0.838. The van der Waals surface area contributed by atoms with Gasteiger partial charge in [0.25, 0.3) is 0 Å². The molecule has 0 bridgehead atoms. The van der Waals surface area contributed by atoms with Gasteiger partial charge in [-0.15, -0.1) is 0 Å². The van der Waals surface area contributed by atoms with Crippen molar-refractivity contribution in [1.82, 2.24) is 4.98 Å². The fraction of sp³-hybridized carbons (Fsp3) is 0.444. The Bertz CT molecular complexity index is 359. The molecule has 0 saturated carbocycles. The van der Waals surface area contributed by atoms with Crippen LogP contribution in [0.15, 0.2) is 18.3 Å². The number of alkyl halides is 4. The van der Waals surface area contributed by atoms with Crippen molar-refractivity contribution in [2.24, 2.45) is 0 Å². The van der Waals surface area contributed by atoms with Crippen LogP contribution in [0, 0.1) is 0 Å². The van der Waals surface area contributed by atoms with E-state index in [9.17, 15) is 23.4 Å². The molecular formula is C9H9BrF3NO2. The second-order valence-corrected chi connectivity index (χ2v) is 3.75. The average Bonchev–Trinajstić information content (AvgIpc) is 2.26. The highest BCUT2D eigenvalue weighted by Gasteiger charge is 2.37. The first-order valence-electron chi connectivity index (χ1n) is 4.32. The highest BCUT2D eigenvalue weighted by atomic mass is 79.9. The molecular weight excluding hydrogens is 291 g/mol. The Labute approximate surface area is 98.1 Å². The standard InChI is InChI=1S/C9H9BrF3NO2/c10-4-6(15)8(16)7-5(9(11,12)13)2-1-3-14-7/h1-3,6,8,15-16H,4H2. The molecule has 1 aromatic heterocycles. The van der Waals surface area contributed by atoms with Gasteiger partial charge in [-0.2, -0.15) is 13.2 Å². The van der Waals surface area contributed by atoms with Gasteiger partial charge in [0.1, 0.15) is 6.10 Å². The lowest BCUT2D eigenvalue weighted by atomic mass is 10.1. The molecule has 0 aromatic carbocycles. The number of aliphatic hydroxyl groups is 2. The highest BCUT2D eigenvalue weighted by Crippen LogP contribution is 2.34. The Morgan fingerprint density at radius 2 is 2.00 bits per heavy atom. The summed E-state index contributed by atoms with van der Waals surface area (Å²) in [6.07, 6.45) is -6.47. The lowest BCUT2D eigenvalue weighted by molar-refractivity contribution is -0.140. The Kier molecular flexibility index (Phi) is 4.28. The molecule has 0 aliphatic carbocycles. The van der Waals surface area contributed by atoms with Crippen LogP contribution in [0.2, 0.25) is 0 Å². The summed E-state index contributed by atoms with van der Waals surface area (Å²) in [5, 5.41) is 18.7. The van der Waals surface area contributed by atoms with Crippen molar-refractivity contribution < 1.29 is 23.4 Å². The van der Waals surface area contributed by atoms with Crippen molar-refractivity contribution in [1.29, 1.82) is 0 Å². The Balaban J connectivity index is 3.13. The summed E-state index contributed by atoms with van der Waals surface area (Å²) in [5.74, 6) is 0. The molecule has 0 fully saturated rings. The first kappa shape index (κ1) is 13.4. The van der Waals surface area contributed by atoms with E-state index in [-0.39, 0.29) is 5.33 Å². The van der Waals surface area contributed by atoms with Crippen molar-refractivity contribution in [3.63, 3.8) is 0 Å². The van der Waals surface area contributed by atoms with Gasteiger partial charge in [-0.25, -0.2) is 0 Å². The molecule has 0 radical (unpaired) electrons. The van der Waals surface area contributed by atoms with Gasteiger partial charge in [-0.3, -0.25) is 4.98 Å². The highest BCUT2D eigenvalue weighted by molar-refractivity contribution is 9.09. The number of hydrogen-bond acceptors (Lipinski definition) is 3. The fourth-order valence-electron chi connectivity index (χ4n) is 1.16. The maximum absolute atomic E-state index is 12.5. The first-order chi connectivity index (χ1) is 7.38. The van der Waals surface area contributed by atoms with Gasteiger partial charge in [0.2, 0.25) is 0 Å². The van der Waals surface area contributed by atoms with E-state index in [0.717, 1.165) is 18.3 Å².